The molecule has 2 fully saturated rings. The van der Waals surface area contributed by atoms with Crippen LogP contribution in [0.3, 0.4) is 0 Å². The highest BCUT2D eigenvalue weighted by Crippen LogP contribution is 2.32. The van der Waals surface area contributed by atoms with Crippen molar-refractivity contribution < 1.29 is 14.4 Å². The number of fused-ring (bicyclic) bond motifs is 1. The Morgan fingerprint density at radius 1 is 1.13 bits per heavy atom. The van der Waals surface area contributed by atoms with Crippen molar-refractivity contribution in [2.24, 2.45) is 0 Å². The van der Waals surface area contributed by atoms with Crippen LogP contribution in [0, 0.1) is 6.92 Å². The molecule has 1 heterocycles. The van der Waals surface area contributed by atoms with Crippen LogP contribution < -0.4 is 10.6 Å². The van der Waals surface area contributed by atoms with Gasteiger partial charge in [0, 0.05) is 11.7 Å². The van der Waals surface area contributed by atoms with Crippen molar-refractivity contribution in [2.45, 2.75) is 57.2 Å². The van der Waals surface area contributed by atoms with Crippen LogP contribution in [0.5, 0.6) is 0 Å². The van der Waals surface area contributed by atoms with Crippen molar-refractivity contribution in [3.63, 3.8) is 0 Å². The van der Waals surface area contributed by atoms with Gasteiger partial charge in [-0.25, -0.2) is 0 Å². The van der Waals surface area contributed by atoms with Crippen molar-refractivity contribution >= 4 is 35.0 Å². The number of benzene rings is 2. The molecule has 0 bridgehead atoms. The van der Waals surface area contributed by atoms with Gasteiger partial charge in [0.2, 0.25) is 11.8 Å². The van der Waals surface area contributed by atoms with Gasteiger partial charge in [0.1, 0.15) is 6.04 Å². The molecule has 2 aromatic rings. The third-order valence-corrected chi connectivity index (χ3v) is 6.40. The molecule has 2 aliphatic rings. The van der Waals surface area contributed by atoms with Gasteiger partial charge < -0.3 is 15.5 Å². The summed E-state index contributed by atoms with van der Waals surface area (Å²) in [6.45, 7) is 1.94. The van der Waals surface area contributed by atoms with Gasteiger partial charge in [-0.05, 0) is 49.6 Å². The van der Waals surface area contributed by atoms with Gasteiger partial charge in [0.15, 0.2) is 0 Å². The number of anilines is 1. The summed E-state index contributed by atoms with van der Waals surface area (Å²) in [5.41, 5.74) is 2.04. The molecule has 31 heavy (non-hydrogen) atoms. The van der Waals surface area contributed by atoms with Crippen LogP contribution in [0.4, 0.5) is 5.69 Å². The number of hydrogen-bond acceptors (Lipinski definition) is 3. The first-order valence-electron chi connectivity index (χ1n) is 10.7. The predicted octanol–water partition coefficient (Wildman–Crippen LogP) is 3.93. The Morgan fingerprint density at radius 3 is 2.68 bits per heavy atom. The van der Waals surface area contributed by atoms with Gasteiger partial charge in [-0.2, -0.15) is 0 Å². The maximum atomic E-state index is 13.5. The molecule has 2 N–H and O–H groups in total. The van der Waals surface area contributed by atoms with Crippen LogP contribution in [0.25, 0.3) is 0 Å². The van der Waals surface area contributed by atoms with Crippen LogP contribution >= 0.6 is 11.6 Å². The Bertz CT molecular complexity index is 1010. The molecule has 1 saturated carbocycles. The van der Waals surface area contributed by atoms with E-state index in [2.05, 4.69) is 10.6 Å². The van der Waals surface area contributed by atoms with Crippen molar-refractivity contribution in [2.75, 3.05) is 5.32 Å². The lowest BCUT2D eigenvalue weighted by molar-refractivity contribution is -0.135. The van der Waals surface area contributed by atoms with E-state index in [1.54, 1.807) is 35.2 Å². The zero-order valence-corrected chi connectivity index (χ0v) is 18.2. The molecule has 162 valence electrons. The average molecular weight is 440 g/mol. The number of carbonyl (C=O) groups is 3. The summed E-state index contributed by atoms with van der Waals surface area (Å²) < 4.78 is 0. The Hall–Kier alpha value is -2.86. The predicted molar refractivity (Wildman–Crippen MR) is 120 cm³/mol. The topological polar surface area (TPSA) is 78.5 Å². The zero-order valence-electron chi connectivity index (χ0n) is 17.4. The maximum Gasteiger partial charge on any atom is 0.256 e. The Morgan fingerprint density at radius 2 is 1.90 bits per heavy atom. The second-order valence-corrected chi connectivity index (χ2v) is 8.70. The number of amides is 3. The van der Waals surface area contributed by atoms with E-state index >= 15 is 0 Å². The number of nitrogens with one attached hydrogen (secondary N) is 2. The molecule has 6 nitrogen and oxygen atoms in total. The number of piperazine rings is 1. The first-order chi connectivity index (χ1) is 14.9. The molecule has 3 amide bonds. The van der Waals surface area contributed by atoms with Crippen LogP contribution in [-0.2, 0) is 9.59 Å². The second kappa shape index (κ2) is 9.10. The van der Waals surface area contributed by atoms with Crippen LogP contribution in [0.1, 0.15) is 48.0 Å². The van der Waals surface area contributed by atoms with Gasteiger partial charge in [0.05, 0.1) is 23.0 Å². The molecule has 0 unspecified atom stereocenters. The van der Waals surface area contributed by atoms with E-state index in [0.29, 0.717) is 16.3 Å². The SMILES string of the molecule is Cc1cccc(NC(=O)C[C@H]2C(=O)N[C@@H]3CCCC[C@@H]3N2C(=O)c2ccccc2Cl)c1. The summed E-state index contributed by atoms with van der Waals surface area (Å²) in [6.07, 6.45) is 3.49. The van der Waals surface area contributed by atoms with Crippen LogP contribution in [-0.4, -0.2) is 40.7 Å². The average Bonchev–Trinajstić information content (AvgIpc) is 2.74. The molecular formula is C24H26ClN3O3. The summed E-state index contributed by atoms with van der Waals surface area (Å²) in [7, 11) is 0. The summed E-state index contributed by atoms with van der Waals surface area (Å²) in [4.78, 5) is 41.0. The molecule has 1 saturated heterocycles. The lowest BCUT2D eigenvalue weighted by atomic mass is 9.84. The quantitative estimate of drug-likeness (QED) is 0.757. The molecular weight excluding hydrogens is 414 g/mol. The summed E-state index contributed by atoms with van der Waals surface area (Å²) in [5.74, 6) is -0.898. The fourth-order valence-corrected chi connectivity index (χ4v) is 4.83. The van der Waals surface area contributed by atoms with Gasteiger partial charge in [-0.15, -0.1) is 0 Å². The maximum absolute atomic E-state index is 13.5. The largest absolute Gasteiger partial charge is 0.349 e. The number of carbonyl (C=O) groups excluding carboxylic acids is 3. The molecule has 2 aromatic carbocycles. The minimum absolute atomic E-state index is 0.0937. The summed E-state index contributed by atoms with van der Waals surface area (Å²) in [5, 5.41) is 6.24. The summed E-state index contributed by atoms with van der Waals surface area (Å²) >= 11 is 6.30. The van der Waals surface area contributed by atoms with Crippen LogP contribution in [0.15, 0.2) is 48.5 Å². The van der Waals surface area contributed by atoms with Gasteiger partial charge in [-0.1, -0.05) is 48.7 Å². The van der Waals surface area contributed by atoms with Crippen molar-refractivity contribution in [1.29, 1.82) is 0 Å². The number of rotatable bonds is 4. The van der Waals surface area contributed by atoms with E-state index in [-0.39, 0.29) is 36.2 Å². The summed E-state index contributed by atoms with van der Waals surface area (Å²) in [6, 6.07) is 13.2. The van der Waals surface area contributed by atoms with Crippen molar-refractivity contribution in [1.82, 2.24) is 10.2 Å². The standard InChI is InChI=1S/C24H26ClN3O3/c1-15-7-6-8-16(13-15)26-22(29)14-21-23(30)27-19-11-4-5-12-20(19)28(21)24(31)17-9-2-3-10-18(17)25/h2-3,6-10,13,19-21H,4-5,11-12,14H2,1H3,(H,26,29)(H,27,30)/t19-,20+,21+/m1/s1. The fraction of sp³-hybridized carbons (Fsp3) is 0.375. The van der Waals surface area contributed by atoms with Gasteiger partial charge >= 0.3 is 0 Å². The molecule has 7 heteroatoms. The number of halogens is 1. The Balaban J connectivity index is 1.61. The number of nitrogens with zero attached hydrogens (tertiary/aromatic N) is 1. The molecule has 0 radical (unpaired) electrons. The highest BCUT2D eigenvalue weighted by atomic mass is 35.5. The first kappa shape index (κ1) is 21.4. The van der Waals surface area contributed by atoms with E-state index in [4.69, 9.17) is 11.6 Å². The van der Waals surface area contributed by atoms with Gasteiger partial charge in [-0.3, -0.25) is 14.4 Å². The van der Waals surface area contributed by atoms with E-state index in [1.165, 1.54) is 0 Å². The normalized spacial score (nSPS) is 23.0. The monoisotopic (exact) mass is 439 g/mol. The first-order valence-corrected chi connectivity index (χ1v) is 11.1. The van der Waals surface area contributed by atoms with E-state index in [1.807, 2.05) is 25.1 Å². The minimum atomic E-state index is -0.882. The number of aryl methyl sites for hydroxylation is 1. The molecule has 0 aromatic heterocycles. The Kier molecular flexibility index (Phi) is 6.28. The Labute approximate surface area is 187 Å². The molecule has 4 rings (SSSR count). The lowest BCUT2D eigenvalue weighted by Gasteiger charge is -2.48. The fourth-order valence-electron chi connectivity index (χ4n) is 4.62. The highest BCUT2D eigenvalue weighted by Gasteiger charge is 2.46. The lowest BCUT2D eigenvalue weighted by Crippen LogP contribution is -2.68. The molecule has 1 aliphatic heterocycles. The highest BCUT2D eigenvalue weighted by molar-refractivity contribution is 6.33. The third-order valence-electron chi connectivity index (χ3n) is 6.07. The second-order valence-electron chi connectivity index (χ2n) is 8.30. The zero-order chi connectivity index (χ0) is 22.0. The van der Waals surface area contributed by atoms with Crippen molar-refractivity contribution in [3.8, 4) is 0 Å². The van der Waals surface area contributed by atoms with Crippen LogP contribution in [0.2, 0.25) is 5.02 Å². The van der Waals surface area contributed by atoms with E-state index in [9.17, 15) is 14.4 Å². The number of hydrogen-bond donors (Lipinski definition) is 2. The third kappa shape index (κ3) is 4.59. The minimum Gasteiger partial charge on any atom is -0.349 e. The smallest absolute Gasteiger partial charge is 0.256 e. The molecule has 0 spiro atoms. The van der Waals surface area contributed by atoms with E-state index < -0.39 is 6.04 Å². The van der Waals surface area contributed by atoms with Crippen molar-refractivity contribution in [3.05, 3.63) is 64.7 Å². The van der Waals surface area contributed by atoms with E-state index in [0.717, 1.165) is 31.2 Å². The molecule has 1 aliphatic carbocycles. The molecule has 3 atom stereocenters. The van der Waals surface area contributed by atoms with Gasteiger partial charge in [0.25, 0.3) is 5.91 Å².